The summed E-state index contributed by atoms with van der Waals surface area (Å²) >= 11 is 1.94. The van der Waals surface area contributed by atoms with E-state index in [2.05, 4.69) is 5.10 Å². The molecule has 0 aliphatic rings. The third-order valence-corrected chi connectivity index (χ3v) is 3.08. The number of hydrogen-bond donors (Lipinski definition) is 1. The average molecular weight is 359 g/mol. The highest BCUT2D eigenvalue weighted by Crippen LogP contribution is 2.22. The number of rotatable bonds is 3. The van der Waals surface area contributed by atoms with Gasteiger partial charge in [-0.1, -0.05) is 0 Å². The Morgan fingerprint density at radius 3 is 2.72 bits per heavy atom. The second-order valence-electron chi connectivity index (χ2n) is 3.37. The molecule has 0 bridgehead atoms. The van der Waals surface area contributed by atoms with Gasteiger partial charge in [-0.2, -0.15) is 5.10 Å². The molecule has 92 valence electrons. The van der Waals surface area contributed by atoms with Crippen molar-refractivity contribution in [3.63, 3.8) is 0 Å². The quantitative estimate of drug-likeness (QED) is 0.514. The molecule has 2 aromatic rings. The molecule has 0 unspecified atom stereocenters. The summed E-state index contributed by atoms with van der Waals surface area (Å²) in [7, 11) is 0. The highest BCUT2D eigenvalue weighted by molar-refractivity contribution is 14.1. The minimum atomic E-state index is -1.07. The van der Waals surface area contributed by atoms with Crippen LogP contribution in [0.1, 0.15) is 10.4 Å². The summed E-state index contributed by atoms with van der Waals surface area (Å²) in [5.41, 5.74) is 0.631. The molecule has 8 heteroatoms. The Morgan fingerprint density at radius 1 is 1.50 bits per heavy atom. The maximum atomic E-state index is 10.7. The smallest absolute Gasteiger partial charge is 0.338 e. The normalized spacial score (nSPS) is 10.3. The van der Waals surface area contributed by atoms with Crippen LogP contribution < -0.4 is 0 Å². The number of carboxylic acid groups (broad SMARTS) is 1. The Bertz CT molecular complexity index is 638. The minimum absolute atomic E-state index is 0.0197. The second-order valence-corrected chi connectivity index (χ2v) is 4.53. The lowest BCUT2D eigenvalue weighted by Gasteiger charge is -2.03. The van der Waals surface area contributed by atoms with E-state index in [0.29, 0.717) is 9.26 Å². The number of nitro groups is 1. The van der Waals surface area contributed by atoms with Crippen LogP contribution in [0.5, 0.6) is 0 Å². The van der Waals surface area contributed by atoms with Crippen LogP contribution in [0.2, 0.25) is 0 Å². The molecule has 0 aliphatic carbocycles. The monoisotopic (exact) mass is 359 g/mol. The minimum Gasteiger partial charge on any atom is -0.478 e. The summed E-state index contributed by atoms with van der Waals surface area (Å²) < 4.78 is 1.98. The molecule has 0 fully saturated rings. The van der Waals surface area contributed by atoms with Crippen LogP contribution in [-0.4, -0.2) is 25.8 Å². The number of carboxylic acids is 1. The van der Waals surface area contributed by atoms with Gasteiger partial charge in [0.05, 0.1) is 22.4 Å². The van der Waals surface area contributed by atoms with Crippen molar-refractivity contribution in [1.82, 2.24) is 9.78 Å². The lowest BCUT2D eigenvalue weighted by atomic mass is 10.3. The molecular weight excluding hydrogens is 353 g/mol. The Balaban J connectivity index is 2.44. The SMILES string of the molecule is O=C(O)c1cnn(-c2ccc([N+](=O)[O-])cc2I)c1. The number of hydrogen-bond acceptors (Lipinski definition) is 4. The summed E-state index contributed by atoms with van der Waals surface area (Å²) in [6.07, 6.45) is 2.57. The fourth-order valence-corrected chi connectivity index (χ4v) is 2.11. The number of benzene rings is 1. The maximum absolute atomic E-state index is 10.7. The van der Waals surface area contributed by atoms with Crippen LogP contribution in [0.25, 0.3) is 5.69 Å². The van der Waals surface area contributed by atoms with Gasteiger partial charge in [0.1, 0.15) is 0 Å². The molecule has 1 aromatic carbocycles. The van der Waals surface area contributed by atoms with Gasteiger partial charge in [0.2, 0.25) is 0 Å². The molecule has 1 aromatic heterocycles. The Morgan fingerprint density at radius 2 is 2.22 bits per heavy atom. The fourth-order valence-electron chi connectivity index (χ4n) is 1.36. The molecule has 7 nitrogen and oxygen atoms in total. The number of halogens is 1. The van der Waals surface area contributed by atoms with Gasteiger partial charge in [-0.3, -0.25) is 10.1 Å². The predicted octanol–water partition coefficient (Wildman–Crippen LogP) is 2.08. The van der Waals surface area contributed by atoms with E-state index >= 15 is 0 Å². The van der Waals surface area contributed by atoms with Crippen LogP contribution >= 0.6 is 22.6 Å². The van der Waals surface area contributed by atoms with Crippen molar-refractivity contribution < 1.29 is 14.8 Å². The summed E-state index contributed by atoms with van der Waals surface area (Å²) in [6, 6.07) is 4.27. The molecule has 0 saturated carbocycles. The van der Waals surface area contributed by atoms with Gasteiger partial charge < -0.3 is 5.11 Å². The van der Waals surface area contributed by atoms with Crippen LogP contribution in [-0.2, 0) is 0 Å². The van der Waals surface area contributed by atoms with Crippen molar-refractivity contribution in [2.24, 2.45) is 0 Å². The first-order valence-corrected chi connectivity index (χ1v) is 5.79. The first-order valence-electron chi connectivity index (χ1n) is 4.71. The average Bonchev–Trinajstić information content (AvgIpc) is 2.78. The zero-order valence-corrected chi connectivity index (χ0v) is 10.9. The van der Waals surface area contributed by atoms with Crippen molar-refractivity contribution in [2.75, 3.05) is 0 Å². The summed E-state index contributed by atoms with van der Waals surface area (Å²) in [5, 5.41) is 23.3. The van der Waals surface area contributed by atoms with E-state index in [-0.39, 0.29) is 11.3 Å². The van der Waals surface area contributed by atoms with Crippen LogP contribution in [0.15, 0.2) is 30.6 Å². The van der Waals surface area contributed by atoms with Gasteiger partial charge in [0, 0.05) is 21.9 Å². The van der Waals surface area contributed by atoms with E-state index in [4.69, 9.17) is 5.11 Å². The molecule has 1 heterocycles. The van der Waals surface area contributed by atoms with Crippen LogP contribution in [0, 0.1) is 13.7 Å². The number of non-ortho nitro benzene ring substituents is 1. The topological polar surface area (TPSA) is 98.3 Å². The van der Waals surface area contributed by atoms with Crippen molar-refractivity contribution in [2.45, 2.75) is 0 Å². The van der Waals surface area contributed by atoms with E-state index in [1.165, 1.54) is 35.3 Å². The van der Waals surface area contributed by atoms with E-state index < -0.39 is 10.9 Å². The first-order chi connectivity index (χ1) is 8.49. The molecule has 18 heavy (non-hydrogen) atoms. The molecule has 2 rings (SSSR count). The maximum Gasteiger partial charge on any atom is 0.338 e. The summed E-state index contributed by atoms with van der Waals surface area (Å²) in [6.45, 7) is 0. The van der Waals surface area contributed by atoms with E-state index in [1.807, 2.05) is 22.6 Å². The summed E-state index contributed by atoms with van der Waals surface area (Å²) in [5.74, 6) is -1.07. The van der Waals surface area contributed by atoms with Crippen molar-refractivity contribution >= 4 is 34.2 Å². The van der Waals surface area contributed by atoms with Crippen LogP contribution in [0.3, 0.4) is 0 Å². The number of aromatic carboxylic acids is 1. The molecule has 0 saturated heterocycles. The van der Waals surface area contributed by atoms with Gasteiger partial charge in [-0.25, -0.2) is 9.48 Å². The number of nitro benzene ring substituents is 1. The van der Waals surface area contributed by atoms with Gasteiger partial charge in [-0.15, -0.1) is 0 Å². The van der Waals surface area contributed by atoms with Crippen LogP contribution in [0.4, 0.5) is 5.69 Å². The molecular formula is C10H6IN3O4. The van der Waals surface area contributed by atoms with Crippen molar-refractivity contribution in [3.05, 3.63) is 49.8 Å². The number of nitrogens with zero attached hydrogens (tertiary/aromatic N) is 3. The molecule has 0 aliphatic heterocycles. The zero-order valence-electron chi connectivity index (χ0n) is 8.78. The third-order valence-electron chi connectivity index (χ3n) is 2.22. The van der Waals surface area contributed by atoms with E-state index in [0.717, 1.165) is 0 Å². The molecule has 0 spiro atoms. The Kier molecular flexibility index (Phi) is 3.28. The first kappa shape index (κ1) is 12.5. The molecule has 1 N–H and O–H groups in total. The van der Waals surface area contributed by atoms with E-state index in [1.54, 1.807) is 0 Å². The number of aromatic nitrogens is 2. The largest absolute Gasteiger partial charge is 0.478 e. The summed E-state index contributed by atoms with van der Waals surface area (Å²) in [4.78, 5) is 20.8. The van der Waals surface area contributed by atoms with Gasteiger partial charge >= 0.3 is 5.97 Å². The fraction of sp³-hybridized carbons (Fsp3) is 0. The molecule has 0 atom stereocenters. The Labute approximate surface area is 114 Å². The van der Waals surface area contributed by atoms with Crippen molar-refractivity contribution in [3.8, 4) is 5.69 Å². The van der Waals surface area contributed by atoms with Gasteiger partial charge in [0.25, 0.3) is 5.69 Å². The lowest BCUT2D eigenvalue weighted by molar-refractivity contribution is -0.384. The standard InChI is InChI=1S/C10H6IN3O4/c11-8-3-7(14(17)18)1-2-9(8)13-5-6(4-12-13)10(15)16/h1-5H,(H,15,16). The zero-order chi connectivity index (χ0) is 13.3. The highest BCUT2D eigenvalue weighted by atomic mass is 127. The highest BCUT2D eigenvalue weighted by Gasteiger charge is 2.12. The lowest BCUT2D eigenvalue weighted by Crippen LogP contribution is -1.99. The third kappa shape index (κ3) is 2.32. The van der Waals surface area contributed by atoms with E-state index in [9.17, 15) is 14.9 Å². The Hall–Kier alpha value is -1.97. The molecule has 0 radical (unpaired) electrons. The number of carbonyl (C=O) groups is 1. The van der Waals surface area contributed by atoms with Gasteiger partial charge in [0.15, 0.2) is 0 Å². The second kappa shape index (κ2) is 4.72. The van der Waals surface area contributed by atoms with Crippen molar-refractivity contribution in [1.29, 1.82) is 0 Å². The predicted molar refractivity (Wildman–Crippen MR) is 69.9 cm³/mol. The molecule has 0 amide bonds. The van der Waals surface area contributed by atoms with Gasteiger partial charge in [-0.05, 0) is 28.7 Å².